The molecule has 2 aliphatic heterocycles. The number of aliphatic hydroxyl groups is 5. The summed E-state index contributed by atoms with van der Waals surface area (Å²) in [5.74, 6) is -1.42. The predicted molar refractivity (Wildman–Crippen MR) is 86.6 cm³/mol. The van der Waals surface area contributed by atoms with Crippen LogP contribution in [0.15, 0.2) is 23.5 Å². The molecule has 0 saturated carbocycles. The zero-order valence-electron chi connectivity index (χ0n) is 14.7. The molecule has 2 heterocycles. The fraction of sp³-hybridized carbons (Fsp3) is 0.706. The molecule has 0 aromatic carbocycles. The summed E-state index contributed by atoms with van der Waals surface area (Å²) in [4.78, 5) is 12.0. The molecule has 27 heavy (non-hydrogen) atoms. The van der Waals surface area contributed by atoms with Gasteiger partial charge in [-0.15, -0.1) is 0 Å². The van der Waals surface area contributed by atoms with Gasteiger partial charge >= 0.3 is 5.97 Å². The molecule has 0 bridgehead atoms. The van der Waals surface area contributed by atoms with Crippen molar-refractivity contribution >= 4 is 5.97 Å². The van der Waals surface area contributed by atoms with Crippen molar-refractivity contribution in [2.75, 3.05) is 20.3 Å². The highest BCUT2D eigenvalue weighted by atomic mass is 16.8. The van der Waals surface area contributed by atoms with Crippen molar-refractivity contribution < 1.29 is 49.3 Å². The standard InChI is InChI=1S/C17H24O10/c1-24-15(23)9-6-25-16(11-7(4-18)2-3-8(9)11)27-17-14(22)13(21)12(20)10(5-19)26-17/h2,6,8,10-14,16-22H,3-5H2,1H3/t8-,10+,11+,12-,13-,14-,16+,17-/m1/s1. The monoisotopic (exact) mass is 388 g/mol. The molecule has 5 N–H and O–H groups in total. The first kappa shape index (κ1) is 20.2. The molecule has 0 unspecified atom stereocenters. The summed E-state index contributed by atoms with van der Waals surface area (Å²) in [5.41, 5.74) is 0.903. The lowest BCUT2D eigenvalue weighted by molar-refractivity contribution is -0.339. The van der Waals surface area contributed by atoms with E-state index in [4.69, 9.17) is 18.9 Å². The van der Waals surface area contributed by atoms with Crippen LogP contribution in [-0.4, -0.2) is 88.8 Å². The van der Waals surface area contributed by atoms with E-state index in [0.717, 1.165) is 0 Å². The van der Waals surface area contributed by atoms with Crippen LogP contribution >= 0.6 is 0 Å². The predicted octanol–water partition coefficient (Wildman–Crippen LogP) is -2.23. The number of fused-ring (bicyclic) bond motifs is 1. The molecule has 8 atom stereocenters. The molecule has 0 aromatic heterocycles. The van der Waals surface area contributed by atoms with E-state index in [2.05, 4.69) is 0 Å². The van der Waals surface area contributed by atoms with Crippen molar-refractivity contribution in [3.8, 4) is 0 Å². The van der Waals surface area contributed by atoms with Crippen molar-refractivity contribution in [3.63, 3.8) is 0 Å². The number of allylic oxidation sites excluding steroid dienone is 1. The van der Waals surface area contributed by atoms with Crippen LogP contribution in [-0.2, 0) is 23.7 Å². The first-order valence-electron chi connectivity index (χ1n) is 8.62. The van der Waals surface area contributed by atoms with Crippen molar-refractivity contribution in [3.05, 3.63) is 23.5 Å². The third-order valence-corrected chi connectivity index (χ3v) is 5.24. The van der Waals surface area contributed by atoms with E-state index in [1.807, 2.05) is 0 Å². The van der Waals surface area contributed by atoms with Crippen LogP contribution in [0.2, 0.25) is 0 Å². The SMILES string of the molecule is COC(=O)C1=CO[C@@H](O[C@H]2O[C@@H](CO)[C@@H](O)[C@@H](O)[C@H]2O)[C@H]2C(CO)=CC[C@H]12. The fourth-order valence-electron chi connectivity index (χ4n) is 3.73. The van der Waals surface area contributed by atoms with Gasteiger partial charge < -0.3 is 44.5 Å². The number of rotatable bonds is 5. The van der Waals surface area contributed by atoms with E-state index in [9.17, 15) is 30.3 Å². The largest absolute Gasteiger partial charge is 0.471 e. The van der Waals surface area contributed by atoms with Crippen LogP contribution in [0.25, 0.3) is 0 Å². The van der Waals surface area contributed by atoms with Gasteiger partial charge in [-0.05, 0) is 12.0 Å². The van der Waals surface area contributed by atoms with Crippen LogP contribution in [0.4, 0.5) is 0 Å². The van der Waals surface area contributed by atoms with E-state index < -0.39 is 55.5 Å². The van der Waals surface area contributed by atoms with Gasteiger partial charge in [0.1, 0.15) is 24.4 Å². The highest BCUT2D eigenvalue weighted by Crippen LogP contribution is 2.44. The number of ether oxygens (including phenoxy) is 4. The lowest BCUT2D eigenvalue weighted by Gasteiger charge is -2.42. The van der Waals surface area contributed by atoms with Crippen LogP contribution in [0, 0.1) is 11.8 Å². The minimum absolute atomic E-state index is 0.270. The molecule has 0 spiro atoms. The number of hydrogen-bond donors (Lipinski definition) is 5. The molecular formula is C17H24O10. The second kappa shape index (κ2) is 8.23. The Morgan fingerprint density at radius 2 is 1.93 bits per heavy atom. The maximum atomic E-state index is 12.0. The van der Waals surface area contributed by atoms with Gasteiger partial charge in [-0.1, -0.05) is 6.08 Å². The van der Waals surface area contributed by atoms with Crippen molar-refractivity contribution in [2.24, 2.45) is 11.8 Å². The molecule has 1 aliphatic carbocycles. The van der Waals surface area contributed by atoms with Gasteiger partial charge in [0.05, 0.1) is 38.1 Å². The molecule has 152 valence electrons. The summed E-state index contributed by atoms with van der Waals surface area (Å²) in [6.45, 7) is -0.857. The van der Waals surface area contributed by atoms with Crippen molar-refractivity contribution in [2.45, 2.75) is 43.4 Å². The van der Waals surface area contributed by atoms with Crippen LogP contribution in [0.3, 0.4) is 0 Å². The van der Waals surface area contributed by atoms with Gasteiger partial charge in [0.15, 0.2) is 6.29 Å². The Bertz CT molecular complexity index is 615. The average molecular weight is 388 g/mol. The number of carbonyl (C=O) groups is 1. The Kier molecular flexibility index (Phi) is 6.16. The molecule has 0 aromatic rings. The Hall–Kier alpha value is -1.53. The van der Waals surface area contributed by atoms with Crippen LogP contribution < -0.4 is 0 Å². The molecular weight excluding hydrogens is 364 g/mol. The van der Waals surface area contributed by atoms with Gasteiger partial charge in [0.25, 0.3) is 0 Å². The molecule has 1 fully saturated rings. The fourth-order valence-corrected chi connectivity index (χ4v) is 3.73. The zero-order chi connectivity index (χ0) is 19.7. The van der Waals surface area contributed by atoms with Gasteiger partial charge in [-0.3, -0.25) is 0 Å². The topological polar surface area (TPSA) is 155 Å². The third kappa shape index (κ3) is 3.61. The van der Waals surface area contributed by atoms with Crippen LogP contribution in [0.5, 0.6) is 0 Å². The quantitative estimate of drug-likeness (QED) is 0.258. The molecule has 3 aliphatic rings. The molecule has 3 rings (SSSR count). The number of hydrogen-bond acceptors (Lipinski definition) is 10. The second-order valence-electron chi connectivity index (χ2n) is 6.71. The maximum absolute atomic E-state index is 12.0. The van der Waals surface area contributed by atoms with Crippen molar-refractivity contribution in [1.82, 2.24) is 0 Å². The van der Waals surface area contributed by atoms with E-state index in [1.54, 1.807) is 6.08 Å². The first-order chi connectivity index (χ1) is 12.9. The Labute approximate surface area is 155 Å². The van der Waals surface area contributed by atoms with Gasteiger partial charge in [-0.25, -0.2) is 4.79 Å². The van der Waals surface area contributed by atoms with E-state index in [-0.39, 0.29) is 12.5 Å². The first-order valence-corrected chi connectivity index (χ1v) is 8.62. The van der Waals surface area contributed by atoms with Crippen molar-refractivity contribution in [1.29, 1.82) is 0 Å². The van der Waals surface area contributed by atoms with Gasteiger partial charge in [0.2, 0.25) is 6.29 Å². The minimum atomic E-state index is -1.59. The highest BCUT2D eigenvalue weighted by Gasteiger charge is 2.49. The molecule has 10 heteroatoms. The molecule has 0 radical (unpaired) electrons. The number of carbonyl (C=O) groups excluding carboxylic acids is 1. The Balaban J connectivity index is 1.80. The number of methoxy groups -OCH3 is 1. The van der Waals surface area contributed by atoms with E-state index in [1.165, 1.54) is 13.4 Å². The zero-order valence-corrected chi connectivity index (χ0v) is 14.7. The summed E-state index contributed by atoms with van der Waals surface area (Å²) < 4.78 is 21.3. The average Bonchev–Trinajstić information content (AvgIpc) is 3.12. The summed E-state index contributed by atoms with van der Waals surface area (Å²) in [5, 5.41) is 48.8. The summed E-state index contributed by atoms with van der Waals surface area (Å²) in [7, 11) is 1.25. The summed E-state index contributed by atoms with van der Waals surface area (Å²) in [6.07, 6.45) is -4.73. The third-order valence-electron chi connectivity index (χ3n) is 5.24. The Morgan fingerprint density at radius 1 is 1.19 bits per heavy atom. The lowest BCUT2D eigenvalue weighted by atomic mass is 9.83. The smallest absolute Gasteiger partial charge is 0.337 e. The lowest BCUT2D eigenvalue weighted by Crippen LogP contribution is -2.60. The molecule has 1 saturated heterocycles. The molecule has 10 nitrogen and oxygen atoms in total. The Morgan fingerprint density at radius 3 is 2.56 bits per heavy atom. The molecule has 0 amide bonds. The second-order valence-corrected chi connectivity index (χ2v) is 6.71. The number of esters is 1. The highest BCUT2D eigenvalue weighted by molar-refractivity contribution is 5.89. The number of aliphatic hydroxyl groups excluding tert-OH is 5. The van der Waals surface area contributed by atoms with Gasteiger partial charge in [-0.2, -0.15) is 0 Å². The maximum Gasteiger partial charge on any atom is 0.337 e. The summed E-state index contributed by atoms with van der Waals surface area (Å²) in [6, 6.07) is 0. The van der Waals surface area contributed by atoms with Gasteiger partial charge in [0, 0.05) is 5.92 Å². The van der Waals surface area contributed by atoms with E-state index in [0.29, 0.717) is 17.6 Å². The summed E-state index contributed by atoms with van der Waals surface area (Å²) >= 11 is 0. The normalized spacial score (nSPS) is 41.3. The minimum Gasteiger partial charge on any atom is -0.471 e. The van der Waals surface area contributed by atoms with Crippen LogP contribution in [0.1, 0.15) is 6.42 Å². The van der Waals surface area contributed by atoms with E-state index >= 15 is 0 Å².